The van der Waals surface area contributed by atoms with Gasteiger partial charge in [-0.25, -0.2) is 0 Å². The Bertz CT molecular complexity index is 1020. The molecule has 1 aromatic heterocycles. The molecular weight excluding hydrogens is 384 g/mol. The van der Waals surface area contributed by atoms with Gasteiger partial charge in [-0.05, 0) is 56.6 Å². The summed E-state index contributed by atoms with van der Waals surface area (Å²) < 4.78 is 0. The number of fused-ring (bicyclic) bond motifs is 1. The van der Waals surface area contributed by atoms with Gasteiger partial charge in [0.25, 0.3) is 0 Å². The highest BCUT2D eigenvalue weighted by atomic mass is 32.2. The van der Waals surface area contributed by atoms with Crippen molar-refractivity contribution in [1.29, 1.82) is 0 Å². The number of benzene rings is 2. The van der Waals surface area contributed by atoms with Crippen molar-refractivity contribution >= 4 is 45.9 Å². The number of thioether (sulfide) groups is 1. The summed E-state index contributed by atoms with van der Waals surface area (Å²) in [6, 6.07) is 16.5. The van der Waals surface area contributed by atoms with Crippen molar-refractivity contribution in [2.24, 2.45) is 0 Å². The molecule has 1 heterocycles. The standard InChI is InChI=1S/C22H24N4O2S/c1-15(22(28)25-18-11-6-10-17-16(18)8-7-13-23-17)26(2)14-21(27)24-19-9-4-5-12-20(19)29-3/h4-13,15H,14H2,1-3H3,(H,24,27)(H,25,28)/t15-/m0/s1. The topological polar surface area (TPSA) is 74.3 Å². The third-order valence-corrected chi connectivity index (χ3v) is 5.51. The number of aromatic nitrogens is 1. The van der Waals surface area contributed by atoms with Crippen molar-refractivity contribution < 1.29 is 9.59 Å². The number of nitrogens with zero attached hydrogens (tertiary/aromatic N) is 2. The first kappa shape index (κ1) is 20.8. The number of hydrogen-bond acceptors (Lipinski definition) is 5. The number of para-hydroxylation sites is 1. The summed E-state index contributed by atoms with van der Waals surface area (Å²) in [7, 11) is 1.76. The van der Waals surface area contributed by atoms with Crippen molar-refractivity contribution in [3.63, 3.8) is 0 Å². The Morgan fingerprint density at radius 1 is 1.03 bits per heavy atom. The fourth-order valence-electron chi connectivity index (χ4n) is 2.95. The van der Waals surface area contributed by atoms with Gasteiger partial charge in [0.2, 0.25) is 11.8 Å². The highest BCUT2D eigenvalue weighted by Crippen LogP contribution is 2.24. The van der Waals surface area contributed by atoms with Crippen LogP contribution in [0.1, 0.15) is 6.92 Å². The molecule has 0 aliphatic rings. The smallest absolute Gasteiger partial charge is 0.241 e. The molecule has 0 spiro atoms. The molecule has 0 saturated heterocycles. The predicted molar refractivity (Wildman–Crippen MR) is 119 cm³/mol. The van der Waals surface area contributed by atoms with Gasteiger partial charge in [-0.15, -0.1) is 11.8 Å². The van der Waals surface area contributed by atoms with E-state index in [2.05, 4.69) is 15.6 Å². The van der Waals surface area contributed by atoms with Crippen LogP contribution in [-0.2, 0) is 9.59 Å². The van der Waals surface area contributed by atoms with Crippen molar-refractivity contribution in [2.75, 3.05) is 30.5 Å². The molecule has 0 aliphatic heterocycles. The highest BCUT2D eigenvalue weighted by molar-refractivity contribution is 7.98. The zero-order chi connectivity index (χ0) is 20.8. The van der Waals surface area contributed by atoms with Gasteiger partial charge < -0.3 is 10.6 Å². The van der Waals surface area contributed by atoms with Crippen LogP contribution in [0.25, 0.3) is 10.9 Å². The average molecular weight is 409 g/mol. The number of amides is 2. The lowest BCUT2D eigenvalue weighted by Crippen LogP contribution is -2.43. The van der Waals surface area contributed by atoms with Crippen LogP contribution in [0.5, 0.6) is 0 Å². The number of carbonyl (C=O) groups excluding carboxylic acids is 2. The molecule has 2 aromatic carbocycles. The van der Waals surface area contributed by atoms with Crippen LogP contribution in [0.3, 0.4) is 0 Å². The maximum Gasteiger partial charge on any atom is 0.241 e. The van der Waals surface area contributed by atoms with Gasteiger partial charge in [0.05, 0.1) is 29.5 Å². The minimum absolute atomic E-state index is 0.106. The van der Waals surface area contributed by atoms with Crippen molar-refractivity contribution in [2.45, 2.75) is 17.9 Å². The van der Waals surface area contributed by atoms with E-state index in [0.717, 1.165) is 21.5 Å². The zero-order valence-electron chi connectivity index (χ0n) is 16.7. The summed E-state index contributed by atoms with van der Waals surface area (Å²) in [6.45, 7) is 1.89. The Kier molecular flexibility index (Phi) is 6.85. The molecule has 0 radical (unpaired) electrons. The maximum atomic E-state index is 12.7. The molecule has 2 N–H and O–H groups in total. The van der Waals surface area contributed by atoms with Crippen molar-refractivity contribution in [3.05, 3.63) is 60.8 Å². The van der Waals surface area contributed by atoms with E-state index in [9.17, 15) is 9.59 Å². The molecule has 0 saturated carbocycles. The second-order valence-electron chi connectivity index (χ2n) is 6.70. The lowest BCUT2D eigenvalue weighted by atomic mass is 10.1. The average Bonchev–Trinajstić information content (AvgIpc) is 2.73. The van der Waals surface area contributed by atoms with Crippen LogP contribution in [0.4, 0.5) is 11.4 Å². The second kappa shape index (κ2) is 9.54. The molecular formula is C22H24N4O2S. The molecule has 7 heteroatoms. The number of rotatable bonds is 7. The normalized spacial score (nSPS) is 12.0. The minimum Gasteiger partial charge on any atom is -0.324 e. The third-order valence-electron chi connectivity index (χ3n) is 4.72. The fourth-order valence-corrected chi connectivity index (χ4v) is 3.50. The van der Waals surface area contributed by atoms with E-state index in [1.54, 1.807) is 36.8 Å². The van der Waals surface area contributed by atoms with E-state index in [-0.39, 0.29) is 18.4 Å². The minimum atomic E-state index is -0.483. The van der Waals surface area contributed by atoms with Gasteiger partial charge in [-0.3, -0.25) is 19.5 Å². The summed E-state index contributed by atoms with van der Waals surface area (Å²) in [6.07, 6.45) is 3.68. The van der Waals surface area contributed by atoms with Gasteiger partial charge in [0, 0.05) is 16.5 Å². The molecule has 0 unspecified atom stereocenters. The number of carbonyl (C=O) groups is 2. The van der Waals surface area contributed by atoms with Crippen LogP contribution in [-0.4, -0.2) is 47.6 Å². The number of pyridine rings is 1. The molecule has 3 aromatic rings. The predicted octanol–water partition coefficient (Wildman–Crippen LogP) is 3.85. The SMILES string of the molecule is CSc1ccccc1NC(=O)CN(C)[C@@H](C)C(=O)Nc1cccc2ncccc12. The van der Waals surface area contributed by atoms with Gasteiger partial charge in [-0.2, -0.15) is 0 Å². The summed E-state index contributed by atoms with van der Waals surface area (Å²) in [5, 5.41) is 6.75. The van der Waals surface area contributed by atoms with E-state index >= 15 is 0 Å². The molecule has 0 fully saturated rings. The third kappa shape index (κ3) is 5.13. The molecule has 0 bridgehead atoms. The molecule has 3 rings (SSSR count). The van der Waals surface area contributed by atoms with E-state index < -0.39 is 6.04 Å². The van der Waals surface area contributed by atoms with Crippen LogP contribution in [0, 0.1) is 0 Å². The summed E-state index contributed by atoms with van der Waals surface area (Å²) in [4.78, 5) is 32.2. The van der Waals surface area contributed by atoms with Gasteiger partial charge in [0.15, 0.2) is 0 Å². The van der Waals surface area contributed by atoms with Crippen LogP contribution in [0.15, 0.2) is 65.7 Å². The Morgan fingerprint density at radius 3 is 2.59 bits per heavy atom. The maximum absolute atomic E-state index is 12.7. The lowest BCUT2D eigenvalue weighted by Gasteiger charge is -2.23. The van der Waals surface area contributed by atoms with E-state index in [1.807, 2.05) is 60.9 Å². The molecule has 0 aliphatic carbocycles. The summed E-state index contributed by atoms with van der Waals surface area (Å²) >= 11 is 1.57. The largest absolute Gasteiger partial charge is 0.324 e. The van der Waals surface area contributed by atoms with Gasteiger partial charge in [-0.1, -0.05) is 18.2 Å². The quantitative estimate of drug-likeness (QED) is 0.581. The number of hydrogen-bond donors (Lipinski definition) is 2. The van der Waals surface area contributed by atoms with Gasteiger partial charge in [0.1, 0.15) is 0 Å². The van der Waals surface area contributed by atoms with E-state index in [0.29, 0.717) is 5.69 Å². The van der Waals surface area contributed by atoms with Crippen molar-refractivity contribution in [3.8, 4) is 0 Å². The number of nitrogens with one attached hydrogen (secondary N) is 2. The number of anilines is 2. The second-order valence-corrected chi connectivity index (χ2v) is 7.55. The Morgan fingerprint density at radius 2 is 1.79 bits per heavy atom. The van der Waals surface area contributed by atoms with Crippen LogP contribution < -0.4 is 10.6 Å². The van der Waals surface area contributed by atoms with Gasteiger partial charge >= 0.3 is 0 Å². The number of likely N-dealkylation sites (N-methyl/N-ethyl adjacent to an activating group) is 1. The molecule has 29 heavy (non-hydrogen) atoms. The monoisotopic (exact) mass is 408 g/mol. The first-order valence-electron chi connectivity index (χ1n) is 9.27. The fraction of sp³-hybridized carbons (Fsp3) is 0.227. The van der Waals surface area contributed by atoms with Crippen molar-refractivity contribution in [1.82, 2.24) is 9.88 Å². The Balaban J connectivity index is 1.62. The summed E-state index contributed by atoms with van der Waals surface area (Å²) in [5.74, 6) is -0.343. The zero-order valence-corrected chi connectivity index (χ0v) is 17.5. The molecule has 2 amide bonds. The van der Waals surface area contributed by atoms with Crippen LogP contribution in [0.2, 0.25) is 0 Å². The van der Waals surface area contributed by atoms with E-state index in [4.69, 9.17) is 0 Å². The molecule has 1 atom stereocenters. The first-order valence-corrected chi connectivity index (χ1v) is 10.5. The first-order chi connectivity index (χ1) is 14.0. The summed E-state index contributed by atoms with van der Waals surface area (Å²) in [5.41, 5.74) is 2.30. The van der Waals surface area contributed by atoms with Crippen LogP contribution >= 0.6 is 11.8 Å². The molecule has 150 valence electrons. The molecule has 6 nitrogen and oxygen atoms in total. The highest BCUT2D eigenvalue weighted by Gasteiger charge is 2.21. The lowest BCUT2D eigenvalue weighted by molar-refractivity contribution is -0.122. The Hall–Kier alpha value is -2.90. The Labute approximate surface area is 174 Å². The van der Waals surface area contributed by atoms with E-state index in [1.165, 1.54) is 0 Å².